The first kappa shape index (κ1) is 26.0. The molecule has 0 saturated heterocycles. The molecule has 0 saturated carbocycles. The largest absolute Gasteiger partial charge is 0.493 e. The normalized spacial score (nSPS) is 15.4. The number of aromatic nitrogens is 1. The van der Waals surface area contributed by atoms with E-state index in [4.69, 9.17) is 37.4 Å². The lowest BCUT2D eigenvalue weighted by Crippen LogP contribution is -2.40. The maximum atomic E-state index is 13.8. The molecule has 188 valence electrons. The number of para-hydroxylation sites is 1. The van der Waals surface area contributed by atoms with Gasteiger partial charge in [-0.3, -0.25) is 9.36 Å². The van der Waals surface area contributed by atoms with Crippen LogP contribution in [0, 0.1) is 0 Å². The summed E-state index contributed by atoms with van der Waals surface area (Å²) in [6.45, 7) is 5.85. The molecule has 3 aromatic rings. The van der Waals surface area contributed by atoms with Crippen LogP contribution >= 0.6 is 34.5 Å². The van der Waals surface area contributed by atoms with Crippen LogP contribution in [0.15, 0.2) is 57.5 Å². The van der Waals surface area contributed by atoms with Crippen LogP contribution < -0.4 is 24.4 Å². The highest BCUT2D eigenvalue weighted by Crippen LogP contribution is 2.40. The van der Waals surface area contributed by atoms with E-state index in [1.54, 1.807) is 50.3 Å². The molecule has 0 aliphatic carbocycles. The summed E-state index contributed by atoms with van der Waals surface area (Å²) in [6.07, 6.45) is 1.69. The molecular formula is C26H24Cl2N2O5S. The number of esters is 1. The second kappa shape index (κ2) is 10.9. The number of rotatable bonds is 7. The topological polar surface area (TPSA) is 79.1 Å². The fourth-order valence-corrected chi connectivity index (χ4v) is 5.55. The summed E-state index contributed by atoms with van der Waals surface area (Å²) >= 11 is 13.6. The number of allylic oxidation sites excluding steroid dienone is 1. The second-order valence-electron chi connectivity index (χ2n) is 7.78. The average molecular weight is 547 g/mol. The number of thiazole rings is 1. The van der Waals surface area contributed by atoms with Crippen LogP contribution in [0.25, 0.3) is 6.08 Å². The molecule has 0 fully saturated rings. The average Bonchev–Trinajstić information content (AvgIpc) is 3.15. The Morgan fingerprint density at radius 3 is 2.64 bits per heavy atom. The van der Waals surface area contributed by atoms with Crippen LogP contribution in [0.5, 0.6) is 11.5 Å². The fourth-order valence-electron chi connectivity index (χ4n) is 4.05. The van der Waals surface area contributed by atoms with Crippen molar-refractivity contribution < 1.29 is 19.0 Å². The Morgan fingerprint density at radius 2 is 1.97 bits per heavy atom. The fraction of sp³-hybridized carbons (Fsp3) is 0.269. The van der Waals surface area contributed by atoms with Gasteiger partial charge in [0, 0.05) is 15.6 Å². The van der Waals surface area contributed by atoms with Crippen molar-refractivity contribution in [3.05, 3.63) is 88.5 Å². The first-order chi connectivity index (χ1) is 17.3. The third-order valence-electron chi connectivity index (χ3n) is 5.58. The van der Waals surface area contributed by atoms with Crippen molar-refractivity contribution in [2.45, 2.75) is 26.8 Å². The predicted molar refractivity (Wildman–Crippen MR) is 141 cm³/mol. The summed E-state index contributed by atoms with van der Waals surface area (Å²) in [6, 6.07) is 9.59. The number of fused-ring (bicyclic) bond motifs is 1. The highest BCUT2D eigenvalue weighted by atomic mass is 35.5. The third-order valence-corrected chi connectivity index (χ3v) is 7.12. The third kappa shape index (κ3) is 4.81. The summed E-state index contributed by atoms with van der Waals surface area (Å²) in [5, 5.41) is 0.912. The van der Waals surface area contributed by atoms with Crippen molar-refractivity contribution in [3.8, 4) is 11.5 Å². The molecule has 36 heavy (non-hydrogen) atoms. The number of hydrogen-bond acceptors (Lipinski definition) is 7. The van der Waals surface area contributed by atoms with Gasteiger partial charge >= 0.3 is 5.97 Å². The molecule has 2 aromatic carbocycles. The summed E-state index contributed by atoms with van der Waals surface area (Å²) < 4.78 is 18.7. The van der Waals surface area contributed by atoms with E-state index < -0.39 is 12.0 Å². The number of nitrogens with zero attached hydrogens (tertiary/aromatic N) is 2. The van der Waals surface area contributed by atoms with Gasteiger partial charge in [-0.15, -0.1) is 0 Å². The van der Waals surface area contributed by atoms with Crippen molar-refractivity contribution in [1.82, 2.24) is 4.57 Å². The maximum Gasteiger partial charge on any atom is 0.338 e. The van der Waals surface area contributed by atoms with E-state index in [9.17, 15) is 9.59 Å². The Hall–Kier alpha value is -3.07. The van der Waals surface area contributed by atoms with Crippen LogP contribution in [0.3, 0.4) is 0 Å². The Labute approximate surface area is 221 Å². The molecule has 2 heterocycles. The Balaban J connectivity index is 2.03. The standard InChI is InChI=1S/C26H24Cl2N2O5S/c1-5-34-23-17(8-7-9-19(23)33-4)22-21(25(32)35-6-2)14(3)29-26-30(22)24(31)20(36-26)12-15-10-11-16(27)13-18(15)28/h7-13,22H,5-6H2,1-4H3/t22-/m0/s1. The van der Waals surface area contributed by atoms with Gasteiger partial charge in [0.2, 0.25) is 0 Å². The number of halogens is 2. The smallest absolute Gasteiger partial charge is 0.338 e. The minimum absolute atomic E-state index is 0.179. The zero-order chi connectivity index (χ0) is 26.0. The zero-order valence-corrected chi connectivity index (χ0v) is 22.5. The van der Waals surface area contributed by atoms with Crippen molar-refractivity contribution in [2.24, 2.45) is 4.99 Å². The second-order valence-corrected chi connectivity index (χ2v) is 9.63. The van der Waals surface area contributed by atoms with E-state index in [2.05, 4.69) is 4.99 Å². The zero-order valence-electron chi connectivity index (χ0n) is 20.1. The van der Waals surface area contributed by atoms with Crippen molar-refractivity contribution >= 4 is 46.6 Å². The van der Waals surface area contributed by atoms with Gasteiger partial charge in [0.1, 0.15) is 6.04 Å². The van der Waals surface area contributed by atoms with Gasteiger partial charge in [-0.25, -0.2) is 9.79 Å². The van der Waals surface area contributed by atoms with Gasteiger partial charge in [-0.1, -0.05) is 52.7 Å². The highest BCUT2D eigenvalue weighted by Gasteiger charge is 2.36. The number of hydrogen-bond donors (Lipinski definition) is 0. The quantitative estimate of drug-likeness (QED) is 0.407. The minimum atomic E-state index is -0.834. The van der Waals surface area contributed by atoms with Crippen molar-refractivity contribution in [2.75, 3.05) is 20.3 Å². The van der Waals surface area contributed by atoms with E-state index in [-0.39, 0.29) is 17.7 Å². The summed E-state index contributed by atoms with van der Waals surface area (Å²) in [7, 11) is 1.54. The molecule has 4 rings (SSSR count). The van der Waals surface area contributed by atoms with Gasteiger partial charge in [0.25, 0.3) is 5.56 Å². The van der Waals surface area contributed by atoms with Crippen molar-refractivity contribution in [3.63, 3.8) is 0 Å². The number of carbonyl (C=O) groups excluding carboxylic acids is 1. The van der Waals surface area contributed by atoms with Crippen LogP contribution in [0.2, 0.25) is 10.0 Å². The molecule has 1 aliphatic rings. The molecule has 1 aliphatic heterocycles. The SMILES string of the molecule is CCOC(=O)C1=C(C)N=c2sc(=Cc3ccc(Cl)cc3Cl)c(=O)n2[C@H]1c1cccc(OC)c1OCC. The van der Waals surface area contributed by atoms with Gasteiger partial charge in [0.15, 0.2) is 16.3 Å². The lowest BCUT2D eigenvalue weighted by Gasteiger charge is -2.26. The minimum Gasteiger partial charge on any atom is -0.493 e. The van der Waals surface area contributed by atoms with Gasteiger partial charge < -0.3 is 14.2 Å². The van der Waals surface area contributed by atoms with E-state index in [1.807, 2.05) is 13.0 Å². The molecule has 7 nitrogen and oxygen atoms in total. The molecule has 0 bridgehead atoms. The first-order valence-corrected chi connectivity index (χ1v) is 12.8. The van der Waals surface area contributed by atoms with Gasteiger partial charge in [-0.2, -0.15) is 0 Å². The molecule has 1 aromatic heterocycles. The van der Waals surface area contributed by atoms with Crippen LogP contribution in [0.4, 0.5) is 0 Å². The van der Waals surface area contributed by atoms with E-state index in [0.29, 0.717) is 54.3 Å². The molecule has 0 unspecified atom stereocenters. The molecule has 0 radical (unpaired) electrons. The van der Waals surface area contributed by atoms with Crippen LogP contribution in [-0.2, 0) is 9.53 Å². The van der Waals surface area contributed by atoms with E-state index in [1.165, 1.54) is 23.0 Å². The van der Waals surface area contributed by atoms with Crippen molar-refractivity contribution in [1.29, 1.82) is 0 Å². The van der Waals surface area contributed by atoms with E-state index >= 15 is 0 Å². The molecule has 0 spiro atoms. The Kier molecular flexibility index (Phi) is 7.88. The lowest BCUT2D eigenvalue weighted by molar-refractivity contribution is -0.139. The Morgan fingerprint density at radius 1 is 1.19 bits per heavy atom. The molecule has 0 amide bonds. The summed E-state index contributed by atoms with van der Waals surface area (Å²) in [4.78, 5) is 32.0. The lowest BCUT2D eigenvalue weighted by atomic mass is 9.94. The molecular weight excluding hydrogens is 523 g/mol. The molecule has 10 heteroatoms. The monoisotopic (exact) mass is 546 g/mol. The first-order valence-electron chi connectivity index (χ1n) is 11.2. The van der Waals surface area contributed by atoms with Gasteiger partial charge in [0.05, 0.1) is 36.1 Å². The Bertz CT molecular complexity index is 1540. The van der Waals surface area contributed by atoms with Crippen LogP contribution in [0.1, 0.15) is 37.9 Å². The predicted octanol–water partition coefficient (Wildman–Crippen LogP) is 4.51. The number of carbonyl (C=O) groups is 1. The summed E-state index contributed by atoms with van der Waals surface area (Å²) in [5.74, 6) is 0.380. The number of methoxy groups -OCH3 is 1. The summed E-state index contributed by atoms with van der Waals surface area (Å²) in [5.41, 5.74) is 1.62. The molecule has 0 N–H and O–H groups in total. The highest BCUT2D eigenvalue weighted by molar-refractivity contribution is 7.07. The van der Waals surface area contributed by atoms with Crippen LogP contribution in [-0.4, -0.2) is 30.9 Å². The maximum absolute atomic E-state index is 13.8. The number of benzene rings is 2. The van der Waals surface area contributed by atoms with Gasteiger partial charge in [-0.05, 0) is 50.6 Å². The number of ether oxygens (including phenoxy) is 3. The molecule has 1 atom stereocenters. The van der Waals surface area contributed by atoms with E-state index in [0.717, 1.165) is 0 Å².